The van der Waals surface area contributed by atoms with Crippen LogP contribution in [-0.2, 0) is 25.6 Å². The first kappa shape index (κ1) is 26.4. The Balaban J connectivity index is 1.72. The number of sulfonamides is 1. The summed E-state index contributed by atoms with van der Waals surface area (Å²) in [6.07, 6.45) is 2.91. The van der Waals surface area contributed by atoms with Gasteiger partial charge in [-0.1, -0.05) is 31.2 Å². The predicted molar refractivity (Wildman–Crippen MR) is 135 cm³/mol. The summed E-state index contributed by atoms with van der Waals surface area (Å²) in [7, 11) is -7.09. The molecule has 9 nitrogen and oxygen atoms in total. The molecule has 2 N–H and O–H groups in total. The predicted octanol–water partition coefficient (Wildman–Crippen LogP) is 3.83. The monoisotopic (exact) mass is 548 g/mol. The number of sulfone groups is 1. The van der Waals surface area contributed by atoms with E-state index in [4.69, 9.17) is 0 Å². The summed E-state index contributed by atoms with van der Waals surface area (Å²) < 4.78 is 79.0. The number of aromatic nitrogens is 3. The second kappa shape index (κ2) is 9.98. The van der Waals surface area contributed by atoms with Gasteiger partial charge in [-0.2, -0.15) is 5.10 Å². The van der Waals surface area contributed by atoms with E-state index in [9.17, 15) is 26.0 Å². The molecule has 2 heterocycles. The first-order valence-electron chi connectivity index (χ1n) is 11.0. The number of ketones is 1. The topological polar surface area (TPSA) is 139 Å². The summed E-state index contributed by atoms with van der Waals surface area (Å²) in [5.41, 5.74) is 0.213. The van der Waals surface area contributed by atoms with Crippen molar-refractivity contribution in [3.8, 4) is 11.1 Å². The molecule has 194 valence electrons. The third kappa shape index (κ3) is 5.83. The molecule has 0 unspecified atom stereocenters. The summed E-state index contributed by atoms with van der Waals surface area (Å²) in [4.78, 5) is 17.4. The minimum atomic E-state index is -3.89. The van der Waals surface area contributed by atoms with Crippen LogP contribution < -0.4 is 4.72 Å². The van der Waals surface area contributed by atoms with Crippen LogP contribution in [0.5, 0.6) is 0 Å². The fraction of sp³-hybridized carbons (Fsp3) is 0.208. The number of benzene rings is 2. The largest absolute Gasteiger partial charge is 0.287 e. The lowest BCUT2D eigenvalue weighted by molar-refractivity contribution is 0.102. The van der Waals surface area contributed by atoms with E-state index in [1.165, 1.54) is 6.20 Å². The highest BCUT2D eigenvalue weighted by molar-refractivity contribution is 7.92. The fourth-order valence-electron chi connectivity index (χ4n) is 3.78. The Hall–Kier alpha value is -3.71. The molecule has 4 rings (SSSR count). The molecule has 13 heteroatoms. The van der Waals surface area contributed by atoms with Gasteiger partial charge in [-0.3, -0.25) is 14.6 Å². The molecule has 2 aromatic carbocycles. The van der Waals surface area contributed by atoms with E-state index in [0.29, 0.717) is 16.7 Å². The van der Waals surface area contributed by atoms with E-state index in [1.807, 2.05) is 4.72 Å². The SMILES string of the molecule is CCCS(=O)(=O)Nc1ccc(F)c(C(=O)c2[nH]nc3ncc(-c4ccc(CS(C)(=O)=O)cc4)cc23)c1F. The van der Waals surface area contributed by atoms with Crippen LogP contribution in [0.1, 0.15) is 35.0 Å². The lowest BCUT2D eigenvalue weighted by atomic mass is 10.0. The highest BCUT2D eigenvalue weighted by Crippen LogP contribution is 2.29. The smallest absolute Gasteiger partial charge is 0.232 e. The fourth-order valence-corrected chi connectivity index (χ4v) is 5.71. The average molecular weight is 549 g/mol. The highest BCUT2D eigenvalue weighted by Gasteiger charge is 2.26. The van der Waals surface area contributed by atoms with Gasteiger partial charge in [-0.05, 0) is 35.7 Å². The molecule has 0 fully saturated rings. The van der Waals surface area contributed by atoms with Gasteiger partial charge in [0.25, 0.3) is 0 Å². The molecule has 0 bridgehead atoms. The van der Waals surface area contributed by atoms with E-state index in [-0.39, 0.29) is 34.7 Å². The number of hydrogen-bond donors (Lipinski definition) is 2. The third-order valence-electron chi connectivity index (χ3n) is 5.41. The Morgan fingerprint density at radius 3 is 2.38 bits per heavy atom. The Kier molecular flexibility index (Phi) is 7.11. The lowest BCUT2D eigenvalue weighted by Crippen LogP contribution is -2.18. The Bertz CT molecular complexity index is 1720. The Morgan fingerprint density at radius 2 is 1.73 bits per heavy atom. The number of nitrogens with zero attached hydrogens (tertiary/aromatic N) is 2. The quantitative estimate of drug-likeness (QED) is 0.303. The zero-order valence-electron chi connectivity index (χ0n) is 19.7. The molecule has 0 radical (unpaired) electrons. The van der Waals surface area contributed by atoms with E-state index < -0.39 is 48.5 Å². The van der Waals surface area contributed by atoms with Gasteiger partial charge in [0.2, 0.25) is 15.8 Å². The number of H-pyrrole nitrogens is 1. The second-order valence-corrected chi connectivity index (χ2v) is 12.5. The van der Waals surface area contributed by atoms with Crippen LogP contribution in [0.3, 0.4) is 0 Å². The molecular weight excluding hydrogens is 526 g/mol. The van der Waals surface area contributed by atoms with Crippen molar-refractivity contribution in [3.05, 3.63) is 77.1 Å². The zero-order valence-corrected chi connectivity index (χ0v) is 21.4. The van der Waals surface area contributed by atoms with Crippen molar-refractivity contribution in [2.45, 2.75) is 19.1 Å². The molecule has 0 spiro atoms. The summed E-state index contributed by atoms with van der Waals surface area (Å²) >= 11 is 0. The standard InChI is InChI=1S/C24H22F2N4O5S2/c1-3-10-37(34,35)30-19-9-8-18(25)20(21(19)26)23(31)22-17-11-16(12-27-24(17)29-28-22)15-6-4-14(5-7-15)13-36(2,32)33/h4-9,11-12,30H,3,10,13H2,1-2H3,(H,27,28,29). The van der Waals surface area contributed by atoms with Crippen LogP contribution in [-0.4, -0.2) is 49.8 Å². The van der Waals surface area contributed by atoms with Crippen LogP contribution in [0, 0.1) is 11.6 Å². The average Bonchev–Trinajstić information content (AvgIpc) is 3.23. The molecule has 0 amide bonds. The number of carbonyl (C=O) groups is 1. The molecule has 0 saturated carbocycles. The zero-order chi connectivity index (χ0) is 27.0. The summed E-state index contributed by atoms with van der Waals surface area (Å²) in [5.74, 6) is -3.98. The number of halogens is 2. The van der Waals surface area contributed by atoms with E-state index in [1.54, 1.807) is 37.3 Å². The van der Waals surface area contributed by atoms with Crippen molar-refractivity contribution in [3.63, 3.8) is 0 Å². The van der Waals surface area contributed by atoms with Gasteiger partial charge < -0.3 is 0 Å². The maximum absolute atomic E-state index is 15.2. The maximum atomic E-state index is 15.2. The minimum Gasteiger partial charge on any atom is -0.287 e. The van der Waals surface area contributed by atoms with Gasteiger partial charge in [0, 0.05) is 18.0 Å². The van der Waals surface area contributed by atoms with Gasteiger partial charge in [-0.15, -0.1) is 0 Å². The third-order valence-corrected chi connectivity index (χ3v) is 7.74. The number of anilines is 1. The number of carbonyl (C=O) groups excluding carboxylic acids is 1. The van der Waals surface area contributed by atoms with Crippen LogP contribution in [0.4, 0.5) is 14.5 Å². The van der Waals surface area contributed by atoms with Crippen molar-refractivity contribution >= 4 is 42.4 Å². The van der Waals surface area contributed by atoms with Crippen LogP contribution in [0.15, 0.2) is 48.7 Å². The lowest BCUT2D eigenvalue weighted by Gasteiger charge is -2.11. The number of fused-ring (bicyclic) bond motifs is 1. The molecule has 0 aliphatic carbocycles. The van der Waals surface area contributed by atoms with Gasteiger partial charge in [-0.25, -0.2) is 30.6 Å². The maximum Gasteiger partial charge on any atom is 0.232 e. The van der Waals surface area contributed by atoms with E-state index in [2.05, 4.69) is 15.2 Å². The Morgan fingerprint density at radius 1 is 1.03 bits per heavy atom. The van der Waals surface area contributed by atoms with Gasteiger partial charge >= 0.3 is 0 Å². The number of hydrogen-bond acceptors (Lipinski definition) is 7. The molecule has 4 aromatic rings. The second-order valence-electron chi connectivity index (χ2n) is 8.49. The van der Waals surface area contributed by atoms with Gasteiger partial charge in [0.05, 0.1) is 28.1 Å². The minimum absolute atomic E-state index is 0.115. The van der Waals surface area contributed by atoms with Crippen molar-refractivity contribution in [1.82, 2.24) is 15.2 Å². The number of nitrogens with one attached hydrogen (secondary N) is 2. The van der Waals surface area contributed by atoms with Crippen molar-refractivity contribution in [2.75, 3.05) is 16.7 Å². The first-order valence-corrected chi connectivity index (χ1v) is 14.7. The van der Waals surface area contributed by atoms with Crippen LogP contribution in [0.25, 0.3) is 22.2 Å². The number of rotatable bonds is 9. The molecule has 0 aliphatic rings. The van der Waals surface area contributed by atoms with Crippen molar-refractivity contribution in [1.29, 1.82) is 0 Å². The van der Waals surface area contributed by atoms with Crippen molar-refractivity contribution in [2.24, 2.45) is 0 Å². The van der Waals surface area contributed by atoms with E-state index >= 15 is 4.39 Å². The number of aromatic amines is 1. The molecule has 37 heavy (non-hydrogen) atoms. The Labute approximate surface area is 211 Å². The summed E-state index contributed by atoms with van der Waals surface area (Å²) in [6.45, 7) is 1.63. The van der Waals surface area contributed by atoms with Crippen LogP contribution >= 0.6 is 0 Å². The van der Waals surface area contributed by atoms with Crippen molar-refractivity contribution < 1.29 is 30.4 Å². The van der Waals surface area contributed by atoms with E-state index in [0.717, 1.165) is 18.4 Å². The molecule has 2 aromatic heterocycles. The summed E-state index contributed by atoms with van der Waals surface area (Å²) in [6, 6.07) is 9.96. The normalized spacial score (nSPS) is 12.1. The first-order chi connectivity index (χ1) is 17.4. The molecular formula is C24H22F2N4O5S2. The van der Waals surface area contributed by atoms with Crippen LogP contribution in [0.2, 0.25) is 0 Å². The van der Waals surface area contributed by atoms with Gasteiger partial charge in [0.1, 0.15) is 11.5 Å². The number of pyridine rings is 1. The van der Waals surface area contributed by atoms with Gasteiger partial charge in [0.15, 0.2) is 21.3 Å². The molecule has 0 atom stereocenters. The molecule has 0 saturated heterocycles. The molecule has 0 aliphatic heterocycles. The highest BCUT2D eigenvalue weighted by atomic mass is 32.2. The summed E-state index contributed by atoms with van der Waals surface area (Å²) in [5, 5.41) is 6.60.